The molecule has 4 saturated carbocycles. The van der Waals surface area contributed by atoms with Crippen LogP contribution in [0.25, 0.3) is 43.9 Å². The van der Waals surface area contributed by atoms with Crippen LogP contribution in [-0.2, 0) is 32.5 Å². The number of nitrogens with zero attached hydrogens (tertiary/aromatic N) is 5. The summed E-state index contributed by atoms with van der Waals surface area (Å²) in [4.78, 5) is 13.5. The standard InChI is InChI=1S/C57H58BN3O.C39H32BClN2O.C18H27N/c1-35-31-46-51-47(32-35)61-52-39(54(5)27-11-14-30-57(54,61)8)18-15-19-42(52)58(51)41-25-24-37(34-45(41)59(46)44-20-16-22-49-50(44)38-17-9-10-21-48(38)62-49)60-43-26-23-36(53(2,3)4)33-40(43)55(6)28-12-13-29-56(55,60)7;1-23-20-31-36-32(21-23)43-37-26(38(2)18-6-7-19-39(38,43)3)11-8-12-28(37)40(36)27-17-16-24(41)22-30(27)42(31)29-13-9-15-34-35(29)25-10-4-5-14-33(25)44-34;1-16(2,3)13-8-9-15-14(12-13)17(4)10-6-7-11-18(17,5)19-15/h9-10,15-26,31-34H,11-14,27-30H2,1-8H3;4-5,8-17,20-22H,6-7,18-19H2,1-3H3;8-9,12,19H,6-7,10-11H2,1-5H3. The Morgan fingerprint density at radius 2 is 0.760 bits per heavy atom. The van der Waals surface area contributed by atoms with E-state index in [-0.39, 0.29) is 62.7 Å². The van der Waals surface area contributed by atoms with Crippen LogP contribution in [0.2, 0.25) is 5.02 Å². The number of anilines is 13. The molecule has 26 rings (SSSR count). The molecule has 10 heterocycles. The van der Waals surface area contributed by atoms with Gasteiger partial charge in [0.1, 0.15) is 22.3 Å². The molecule has 12 aliphatic rings. The zero-order valence-corrected chi connectivity index (χ0v) is 76.9. The fraction of sp³-hybridized carbons (Fsp3) is 0.368. The zero-order chi connectivity index (χ0) is 85.7. The van der Waals surface area contributed by atoms with E-state index in [1.54, 1.807) is 11.1 Å². The Bertz CT molecular complexity index is 7000. The van der Waals surface area contributed by atoms with Gasteiger partial charge in [-0.25, -0.2) is 0 Å². The van der Waals surface area contributed by atoms with Crippen LogP contribution in [0.3, 0.4) is 0 Å². The highest BCUT2D eigenvalue weighted by Crippen LogP contribution is 2.67. The Balaban J connectivity index is 0.000000120. The minimum atomic E-state index is -0.0625. The molecule has 0 saturated heterocycles. The van der Waals surface area contributed by atoms with Gasteiger partial charge < -0.3 is 38.7 Å². The van der Waals surface area contributed by atoms with Crippen molar-refractivity contribution in [2.75, 3.05) is 29.8 Å². The van der Waals surface area contributed by atoms with Crippen molar-refractivity contribution in [2.24, 2.45) is 0 Å². The number of benzene rings is 12. The van der Waals surface area contributed by atoms with Crippen LogP contribution >= 0.6 is 11.6 Å². The first-order chi connectivity index (χ1) is 59.9. The van der Waals surface area contributed by atoms with Crippen molar-refractivity contribution in [2.45, 2.75) is 268 Å². The van der Waals surface area contributed by atoms with Gasteiger partial charge >= 0.3 is 0 Å². The van der Waals surface area contributed by atoms with Crippen molar-refractivity contribution in [3.05, 3.63) is 268 Å². The number of furan rings is 2. The van der Waals surface area contributed by atoms with Crippen LogP contribution < -0.4 is 62.6 Å². The number of para-hydroxylation sites is 4. The van der Waals surface area contributed by atoms with E-state index in [2.05, 4.69) is 353 Å². The minimum Gasteiger partial charge on any atom is -0.456 e. The monoisotopic (exact) mass is 1660 g/mol. The number of hydrogen-bond acceptors (Lipinski definition) is 8. The molecule has 0 spiro atoms. The number of nitrogens with one attached hydrogen (secondary N) is 1. The van der Waals surface area contributed by atoms with Crippen LogP contribution in [0.5, 0.6) is 0 Å². The number of halogens is 1. The highest BCUT2D eigenvalue weighted by Gasteiger charge is 2.65. The molecule has 1 N–H and O–H groups in total. The minimum absolute atomic E-state index is 0.00987. The third kappa shape index (κ3) is 10.3. The summed E-state index contributed by atoms with van der Waals surface area (Å²) in [5.74, 6) is 0. The van der Waals surface area contributed by atoms with Crippen molar-refractivity contribution < 1.29 is 8.83 Å². The third-order valence-electron chi connectivity index (χ3n) is 35.3. The van der Waals surface area contributed by atoms with Gasteiger partial charge in [-0.3, -0.25) is 0 Å². The van der Waals surface area contributed by atoms with E-state index in [4.69, 9.17) is 20.4 Å². The summed E-state index contributed by atoms with van der Waals surface area (Å²) in [5, 5.41) is 9.18. The molecule has 0 radical (unpaired) electrons. The summed E-state index contributed by atoms with van der Waals surface area (Å²) in [6.07, 6.45) is 20.2. The van der Waals surface area contributed by atoms with E-state index in [0.29, 0.717) is 5.41 Å². The third-order valence-corrected chi connectivity index (χ3v) is 35.6. The first-order valence-electron chi connectivity index (χ1n) is 47.3. The molecule has 2 aromatic heterocycles. The van der Waals surface area contributed by atoms with Crippen molar-refractivity contribution in [1.29, 1.82) is 0 Å². The molecule has 0 bridgehead atoms. The fourth-order valence-electron chi connectivity index (χ4n) is 28.0. The van der Waals surface area contributed by atoms with Crippen molar-refractivity contribution >= 4 is 176 Å². The second-order valence-corrected chi connectivity index (χ2v) is 44.3. The van der Waals surface area contributed by atoms with Crippen LogP contribution in [0.4, 0.5) is 73.9 Å². The maximum atomic E-state index is 6.84. The second-order valence-electron chi connectivity index (χ2n) is 43.8. The average Bonchev–Trinajstić information content (AvgIpc) is 1.52. The molecule has 628 valence electrons. The fourth-order valence-corrected chi connectivity index (χ4v) is 28.1. The van der Waals surface area contributed by atoms with Gasteiger partial charge in [-0.05, 0) is 278 Å². The summed E-state index contributed by atoms with van der Waals surface area (Å²) in [6.45, 7) is 39.1. The van der Waals surface area contributed by atoms with Gasteiger partial charge in [0.05, 0.1) is 38.8 Å². The Morgan fingerprint density at radius 1 is 0.336 bits per heavy atom. The number of aryl methyl sites for hydroxylation is 2. The lowest BCUT2D eigenvalue weighted by Gasteiger charge is -2.53. The Kier molecular flexibility index (Phi) is 16.4. The molecule has 12 aromatic carbocycles. The molecular weight excluding hydrogens is 1540 g/mol. The van der Waals surface area contributed by atoms with Crippen molar-refractivity contribution in [3.8, 4) is 0 Å². The second kappa shape index (κ2) is 26.3. The van der Waals surface area contributed by atoms with E-state index < -0.39 is 0 Å². The molecule has 0 amide bonds. The Labute approximate surface area is 745 Å². The van der Waals surface area contributed by atoms with Crippen LogP contribution in [-0.4, -0.2) is 35.6 Å². The maximum Gasteiger partial charge on any atom is 0.252 e. The molecule has 8 atom stereocenters. The molecule has 8 aliphatic heterocycles. The molecular formula is C114H117B2ClN6O2. The predicted octanol–water partition coefficient (Wildman–Crippen LogP) is 27.2. The summed E-state index contributed by atoms with van der Waals surface area (Å²) >= 11 is 6.84. The molecule has 125 heavy (non-hydrogen) atoms. The molecule has 4 aliphatic carbocycles. The average molecular weight is 1660 g/mol. The van der Waals surface area contributed by atoms with Crippen molar-refractivity contribution in [1.82, 2.24) is 0 Å². The van der Waals surface area contributed by atoms with Crippen LogP contribution in [0, 0.1) is 13.8 Å². The van der Waals surface area contributed by atoms with Crippen LogP contribution in [0.1, 0.15) is 244 Å². The predicted molar refractivity (Wildman–Crippen MR) is 531 cm³/mol. The van der Waals surface area contributed by atoms with Gasteiger partial charge in [0, 0.05) is 106 Å². The summed E-state index contributed by atoms with van der Waals surface area (Å²) in [7, 11) is 0. The maximum absolute atomic E-state index is 6.84. The quantitative estimate of drug-likeness (QED) is 0.176. The molecule has 8 nitrogen and oxygen atoms in total. The highest BCUT2D eigenvalue weighted by molar-refractivity contribution is 7.01. The lowest BCUT2D eigenvalue weighted by Crippen LogP contribution is -2.64. The van der Waals surface area contributed by atoms with Gasteiger partial charge in [-0.1, -0.05) is 254 Å². The SMILES string of the molecule is CC(C)(C)c1ccc2c(c1)C1(C)CCCCC1(C)N2.Cc1cc2c3c(c1)N1c4c(cccc4C4(C)CCCCC14C)B3c1ccc(Cl)cc1N2c1cccc2oc3ccccc3c12.Cc1cc2c3c(c1)N1c4c(cccc4C4(C)CCCCC14C)B3c1ccc(N3c4ccc(C(C)(C)C)cc4C4(C)CCCCC34C)cc1N2c1cccc2oc3ccccc3c12. The van der Waals surface area contributed by atoms with Gasteiger partial charge in [-0.15, -0.1) is 0 Å². The Morgan fingerprint density at radius 3 is 1.28 bits per heavy atom. The first kappa shape index (κ1) is 78.0. The van der Waals surface area contributed by atoms with E-state index in [9.17, 15) is 0 Å². The largest absolute Gasteiger partial charge is 0.456 e. The molecule has 11 heteroatoms. The smallest absolute Gasteiger partial charge is 0.252 e. The van der Waals surface area contributed by atoms with Gasteiger partial charge in [0.2, 0.25) is 0 Å². The van der Waals surface area contributed by atoms with E-state index in [1.807, 2.05) is 6.07 Å². The highest BCUT2D eigenvalue weighted by atomic mass is 35.5. The Hall–Kier alpha value is -10.5. The van der Waals surface area contributed by atoms with Gasteiger partial charge in [-0.2, -0.15) is 0 Å². The number of fused-ring (bicyclic) bond motifs is 26. The normalized spacial score (nSPS) is 26.3. The zero-order valence-electron chi connectivity index (χ0n) is 76.2. The lowest BCUT2D eigenvalue weighted by atomic mass is 9.33. The number of rotatable bonds is 3. The van der Waals surface area contributed by atoms with Crippen molar-refractivity contribution in [3.63, 3.8) is 0 Å². The first-order valence-corrected chi connectivity index (χ1v) is 47.7. The van der Waals surface area contributed by atoms with Crippen LogP contribution in [0.15, 0.2) is 227 Å². The van der Waals surface area contributed by atoms with Gasteiger partial charge in [0.15, 0.2) is 0 Å². The van der Waals surface area contributed by atoms with E-state index >= 15 is 0 Å². The molecule has 14 aromatic rings. The summed E-state index contributed by atoms with van der Waals surface area (Å²) in [5.41, 5.74) is 41.7. The van der Waals surface area contributed by atoms with E-state index in [1.165, 1.54) is 237 Å². The summed E-state index contributed by atoms with van der Waals surface area (Å²) < 4.78 is 13.0. The number of hydrogen-bond donors (Lipinski definition) is 1. The topological polar surface area (TPSA) is 54.5 Å². The lowest BCUT2D eigenvalue weighted by molar-refractivity contribution is 0.195. The molecule has 4 fully saturated rings. The summed E-state index contributed by atoms with van der Waals surface area (Å²) in [6, 6.07) is 83.2. The van der Waals surface area contributed by atoms with E-state index in [0.717, 1.165) is 54.9 Å². The molecule has 8 unspecified atom stereocenters. The van der Waals surface area contributed by atoms with Gasteiger partial charge in [0.25, 0.3) is 13.4 Å².